The van der Waals surface area contributed by atoms with Gasteiger partial charge in [-0.1, -0.05) is 6.92 Å². The number of rotatable bonds is 11. The Morgan fingerprint density at radius 2 is 1.78 bits per heavy atom. The van der Waals surface area contributed by atoms with Crippen LogP contribution in [-0.4, -0.2) is 38.5 Å². The van der Waals surface area contributed by atoms with Crippen LogP contribution in [0.15, 0.2) is 0 Å². The maximum atomic E-state index is 5.49. The molecule has 0 saturated heterocycles. The van der Waals surface area contributed by atoms with E-state index in [0.29, 0.717) is 12.1 Å². The first-order valence-electron chi connectivity index (χ1n) is 7.26. The van der Waals surface area contributed by atoms with E-state index >= 15 is 0 Å². The number of hydrogen-bond acceptors (Lipinski definition) is 3. The monoisotopic (exact) mass is 259 g/mol. The van der Waals surface area contributed by atoms with E-state index in [2.05, 4.69) is 33.0 Å². The van der Waals surface area contributed by atoms with Crippen molar-refractivity contribution in [3.05, 3.63) is 0 Å². The Hall–Kier alpha value is -0.120. The van der Waals surface area contributed by atoms with Gasteiger partial charge in [0, 0.05) is 20.3 Å². The topological polar surface area (TPSA) is 30.5 Å². The van der Waals surface area contributed by atoms with E-state index in [9.17, 15) is 0 Å². The molecule has 0 heterocycles. The highest BCUT2D eigenvalue weighted by atomic mass is 16.5. The number of methoxy groups -OCH3 is 2. The third-order valence-electron chi connectivity index (χ3n) is 3.65. The van der Waals surface area contributed by atoms with Crippen molar-refractivity contribution >= 4 is 0 Å². The van der Waals surface area contributed by atoms with Crippen molar-refractivity contribution in [1.29, 1.82) is 0 Å². The van der Waals surface area contributed by atoms with Gasteiger partial charge in [0.15, 0.2) is 0 Å². The molecule has 0 spiro atoms. The van der Waals surface area contributed by atoms with E-state index in [4.69, 9.17) is 9.47 Å². The SMILES string of the molecule is CCCNC(CCC(C)OC)CCC(C)(C)OC. The molecule has 0 radical (unpaired) electrons. The quantitative estimate of drug-likeness (QED) is 0.617. The zero-order valence-corrected chi connectivity index (χ0v) is 13.2. The zero-order chi connectivity index (χ0) is 14.0. The third kappa shape index (κ3) is 8.90. The van der Waals surface area contributed by atoms with Crippen LogP contribution < -0.4 is 5.32 Å². The fraction of sp³-hybridized carbons (Fsp3) is 1.00. The second-order valence-corrected chi connectivity index (χ2v) is 5.78. The molecule has 3 nitrogen and oxygen atoms in total. The minimum Gasteiger partial charge on any atom is -0.382 e. The summed E-state index contributed by atoms with van der Waals surface area (Å²) >= 11 is 0. The summed E-state index contributed by atoms with van der Waals surface area (Å²) in [5.41, 5.74) is -0.0149. The lowest BCUT2D eigenvalue weighted by Gasteiger charge is -2.27. The van der Waals surface area contributed by atoms with Crippen molar-refractivity contribution in [2.75, 3.05) is 20.8 Å². The summed E-state index contributed by atoms with van der Waals surface area (Å²) in [6, 6.07) is 0.581. The number of ether oxygens (including phenoxy) is 2. The van der Waals surface area contributed by atoms with Gasteiger partial charge in [-0.15, -0.1) is 0 Å². The van der Waals surface area contributed by atoms with E-state index in [-0.39, 0.29) is 5.60 Å². The van der Waals surface area contributed by atoms with Crippen LogP contribution in [0.1, 0.15) is 59.8 Å². The Bertz CT molecular complexity index is 195. The van der Waals surface area contributed by atoms with Gasteiger partial charge in [0.1, 0.15) is 0 Å². The summed E-state index contributed by atoms with van der Waals surface area (Å²) in [4.78, 5) is 0. The maximum Gasteiger partial charge on any atom is 0.0623 e. The standard InChI is InChI=1S/C15H33NO2/c1-7-12-16-14(9-8-13(2)17-5)10-11-15(3,4)18-6/h13-14,16H,7-12H2,1-6H3. The first-order valence-corrected chi connectivity index (χ1v) is 7.26. The molecule has 110 valence electrons. The minimum absolute atomic E-state index is 0.0149. The molecular formula is C15H33NO2. The number of nitrogens with one attached hydrogen (secondary N) is 1. The van der Waals surface area contributed by atoms with Crippen molar-refractivity contribution in [3.63, 3.8) is 0 Å². The van der Waals surface area contributed by atoms with Crippen molar-refractivity contribution in [2.24, 2.45) is 0 Å². The van der Waals surface area contributed by atoms with Crippen LogP contribution in [0.4, 0.5) is 0 Å². The number of hydrogen-bond donors (Lipinski definition) is 1. The van der Waals surface area contributed by atoms with E-state index in [1.807, 2.05) is 0 Å². The zero-order valence-electron chi connectivity index (χ0n) is 13.2. The van der Waals surface area contributed by atoms with E-state index < -0.39 is 0 Å². The maximum absolute atomic E-state index is 5.49. The van der Waals surface area contributed by atoms with Gasteiger partial charge in [0.05, 0.1) is 11.7 Å². The normalized spacial score (nSPS) is 15.7. The summed E-state index contributed by atoms with van der Waals surface area (Å²) in [7, 11) is 3.58. The molecule has 18 heavy (non-hydrogen) atoms. The Labute approximate surface area is 114 Å². The van der Waals surface area contributed by atoms with Crippen molar-refractivity contribution in [3.8, 4) is 0 Å². The van der Waals surface area contributed by atoms with Crippen LogP contribution in [0.25, 0.3) is 0 Å². The predicted octanol–water partition coefficient (Wildman–Crippen LogP) is 3.37. The van der Waals surface area contributed by atoms with Crippen LogP contribution in [0, 0.1) is 0 Å². The van der Waals surface area contributed by atoms with Gasteiger partial charge in [0.25, 0.3) is 0 Å². The fourth-order valence-electron chi connectivity index (χ4n) is 1.87. The minimum atomic E-state index is -0.0149. The summed E-state index contributed by atoms with van der Waals surface area (Å²) in [6.45, 7) is 9.75. The molecule has 2 atom stereocenters. The second kappa shape index (κ2) is 9.76. The molecule has 0 aromatic rings. The van der Waals surface area contributed by atoms with Crippen LogP contribution >= 0.6 is 0 Å². The van der Waals surface area contributed by atoms with Gasteiger partial charge in [-0.3, -0.25) is 0 Å². The van der Waals surface area contributed by atoms with Crippen molar-refractivity contribution in [2.45, 2.75) is 77.5 Å². The van der Waals surface area contributed by atoms with Crippen molar-refractivity contribution < 1.29 is 9.47 Å². The van der Waals surface area contributed by atoms with E-state index in [1.165, 1.54) is 12.8 Å². The van der Waals surface area contributed by atoms with Crippen LogP contribution in [-0.2, 0) is 9.47 Å². The van der Waals surface area contributed by atoms with Crippen LogP contribution in [0.5, 0.6) is 0 Å². The molecule has 0 aliphatic carbocycles. The van der Waals surface area contributed by atoms with Gasteiger partial charge < -0.3 is 14.8 Å². The molecular weight excluding hydrogens is 226 g/mol. The van der Waals surface area contributed by atoms with Crippen LogP contribution in [0.2, 0.25) is 0 Å². The largest absolute Gasteiger partial charge is 0.382 e. The van der Waals surface area contributed by atoms with Gasteiger partial charge in [-0.2, -0.15) is 0 Å². The Morgan fingerprint density at radius 1 is 1.11 bits per heavy atom. The molecule has 0 aromatic carbocycles. The lowest BCUT2D eigenvalue weighted by Crippen LogP contribution is -2.33. The van der Waals surface area contributed by atoms with Gasteiger partial charge >= 0.3 is 0 Å². The molecule has 0 amide bonds. The smallest absolute Gasteiger partial charge is 0.0623 e. The Kier molecular flexibility index (Phi) is 9.70. The first kappa shape index (κ1) is 17.9. The average molecular weight is 259 g/mol. The highest BCUT2D eigenvalue weighted by Crippen LogP contribution is 2.19. The highest BCUT2D eigenvalue weighted by molar-refractivity contribution is 4.75. The van der Waals surface area contributed by atoms with Crippen molar-refractivity contribution in [1.82, 2.24) is 5.32 Å². The lowest BCUT2D eigenvalue weighted by atomic mass is 9.96. The Balaban J connectivity index is 4.05. The molecule has 1 N–H and O–H groups in total. The third-order valence-corrected chi connectivity index (χ3v) is 3.65. The van der Waals surface area contributed by atoms with Gasteiger partial charge in [-0.25, -0.2) is 0 Å². The summed E-state index contributed by atoms with van der Waals surface area (Å²) in [5, 5.41) is 3.63. The summed E-state index contributed by atoms with van der Waals surface area (Å²) in [5.74, 6) is 0. The molecule has 2 unspecified atom stereocenters. The second-order valence-electron chi connectivity index (χ2n) is 5.78. The predicted molar refractivity (Wildman–Crippen MR) is 78.1 cm³/mol. The molecule has 0 aromatic heterocycles. The van der Waals surface area contributed by atoms with Gasteiger partial charge in [0.2, 0.25) is 0 Å². The van der Waals surface area contributed by atoms with Crippen LogP contribution in [0.3, 0.4) is 0 Å². The summed E-state index contributed by atoms with van der Waals surface area (Å²) in [6.07, 6.45) is 6.08. The fourth-order valence-corrected chi connectivity index (χ4v) is 1.87. The highest BCUT2D eigenvalue weighted by Gasteiger charge is 2.19. The molecule has 3 heteroatoms. The van der Waals surface area contributed by atoms with Gasteiger partial charge in [-0.05, 0) is 59.4 Å². The lowest BCUT2D eigenvalue weighted by molar-refractivity contribution is 0.0110. The Morgan fingerprint density at radius 3 is 2.28 bits per heavy atom. The molecule has 0 rings (SSSR count). The summed E-state index contributed by atoms with van der Waals surface area (Å²) < 4.78 is 10.8. The molecule has 0 bridgehead atoms. The van der Waals surface area contributed by atoms with E-state index in [1.54, 1.807) is 14.2 Å². The molecule has 0 fully saturated rings. The molecule has 0 aliphatic heterocycles. The average Bonchev–Trinajstić information content (AvgIpc) is 2.37. The van der Waals surface area contributed by atoms with E-state index in [0.717, 1.165) is 25.8 Å². The first-order chi connectivity index (χ1) is 8.45. The molecule has 0 saturated carbocycles. The molecule has 0 aliphatic rings.